The van der Waals surface area contributed by atoms with E-state index in [1.165, 1.54) is 11.3 Å². The Morgan fingerprint density at radius 1 is 1.06 bits per heavy atom. The summed E-state index contributed by atoms with van der Waals surface area (Å²) >= 11 is 1.41. The van der Waals surface area contributed by atoms with Gasteiger partial charge in [0.2, 0.25) is 5.91 Å². The third kappa shape index (κ3) is 6.02. The van der Waals surface area contributed by atoms with Crippen molar-refractivity contribution in [3.63, 3.8) is 0 Å². The fourth-order valence-electron chi connectivity index (χ4n) is 4.24. The molecule has 8 nitrogen and oxygen atoms in total. The van der Waals surface area contributed by atoms with Crippen LogP contribution >= 0.6 is 11.3 Å². The van der Waals surface area contributed by atoms with Gasteiger partial charge in [0.25, 0.3) is 5.91 Å². The number of amides is 2. The van der Waals surface area contributed by atoms with Crippen molar-refractivity contribution >= 4 is 29.0 Å². The fraction of sp³-hybridized carbons (Fsp3) is 0.407. The summed E-state index contributed by atoms with van der Waals surface area (Å²) in [6, 6.07) is 15.4. The molecule has 1 saturated heterocycles. The minimum atomic E-state index is -0.0728. The predicted molar refractivity (Wildman–Crippen MR) is 143 cm³/mol. The molecule has 3 aromatic rings. The van der Waals surface area contributed by atoms with Crippen molar-refractivity contribution in [1.29, 1.82) is 0 Å². The van der Waals surface area contributed by atoms with Crippen LogP contribution in [0.4, 0.5) is 5.82 Å². The van der Waals surface area contributed by atoms with Crippen molar-refractivity contribution in [3.05, 3.63) is 58.8 Å². The molecule has 36 heavy (non-hydrogen) atoms. The minimum Gasteiger partial charge on any atom is -0.497 e. The molecule has 0 spiro atoms. The van der Waals surface area contributed by atoms with Crippen LogP contribution in [0, 0.1) is 0 Å². The number of nitrogens with zero attached hydrogens (tertiary/aromatic N) is 5. The average Bonchev–Trinajstić information content (AvgIpc) is 3.35. The number of anilines is 1. The molecule has 1 aliphatic rings. The normalized spacial score (nSPS) is 14.8. The molecule has 0 radical (unpaired) electrons. The van der Waals surface area contributed by atoms with Gasteiger partial charge in [-0.3, -0.25) is 9.59 Å². The molecule has 3 heterocycles. The Morgan fingerprint density at radius 3 is 2.50 bits per heavy atom. The van der Waals surface area contributed by atoms with E-state index in [1.807, 2.05) is 72.7 Å². The molecule has 4 rings (SSSR count). The van der Waals surface area contributed by atoms with Crippen LogP contribution in [-0.4, -0.2) is 77.7 Å². The number of carbonyl (C=O) groups is 2. The summed E-state index contributed by atoms with van der Waals surface area (Å²) in [6.45, 7) is 6.85. The first-order valence-corrected chi connectivity index (χ1v) is 13.2. The maximum Gasteiger partial charge on any atom is 0.264 e. The number of rotatable bonds is 8. The van der Waals surface area contributed by atoms with Gasteiger partial charge in [-0.1, -0.05) is 13.0 Å². The van der Waals surface area contributed by atoms with E-state index in [-0.39, 0.29) is 24.4 Å². The smallest absolute Gasteiger partial charge is 0.264 e. The molecule has 1 aromatic carbocycles. The Morgan fingerprint density at radius 2 is 1.86 bits per heavy atom. The second kappa shape index (κ2) is 12.0. The number of methoxy groups -OCH3 is 1. The lowest BCUT2D eigenvalue weighted by molar-refractivity contribution is -0.132. The van der Waals surface area contributed by atoms with Crippen LogP contribution in [-0.2, 0) is 4.79 Å². The van der Waals surface area contributed by atoms with Crippen LogP contribution in [0.25, 0.3) is 11.3 Å². The summed E-state index contributed by atoms with van der Waals surface area (Å²) in [4.78, 5) is 32.7. The van der Waals surface area contributed by atoms with Gasteiger partial charge >= 0.3 is 0 Å². The first-order valence-electron chi connectivity index (χ1n) is 12.4. The molecule has 1 atom stereocenters. The van der Waals surface area contributed by atoms with E-state index in [0.29, 0.717) is 24.5 Å². The maximum atomic E-state index is 13.2. The Balaban J connectivity index is 1.37. The molecule has 190 valence electrons. The molecule has 0 saturated carbocycles. The number of hydrogen-bond acceptors (Lipinski definition) is 7. The van der Waals surface area contributed by atoms with Gasteiger partial charge in [0, 0.05) is 37.8 Å². The van der Waals surface area contributed by atoms with Gasteiger partial charge in [0.05, 0.1) is 17.7 Å². The highest BCUT2D eigenvalue weighted by Crippen LogP contribution is 2.22. The third-order valence-corrected chi connectivity index (χ3v) is 7.49. The molecular weight excluding hydrogens is 474 g/mol. The van der Waals surface area contributed by atoms with Gasteiger partial charge in [0.1, 0.15) is 12.3 Å². The third-order valence-electron chi connectivity index (χ3n) is 6.63. The zero-order chi connectivity index (χ0) is 25.5. The van der Waals surface area contributed by atoms with Gasteiger partial charge in [-0.2, -0.15) is 0 Å². The average molecular weight is 508 g/mol. The first-order chi connectivity index (χ1) is 17.5. The molecule has 9 heteroatoms. The van der Waals surface area contributed by atoms with E-state index >= 15 is 0 Å². The van der Waals surface area contributed by atoms with E-state index in [9.17, 15) is 9.59 Å². The van der Waals surface area contributed by atoms with E-state index in [0.717, 1.165) is 42.2 Å². The summed E-state index contributed by atoms with van der Waals surface area (Å²) in [5, 5.41) is 10.8. The molecule has 2 amide bonds. The molecular formula is C27H33N5O3S. The van der Waals surface area contributed by atoms with Crippen molar-refractivity contribution in [2.45, 2.75) is 32.7 Å². The molecule has 1 aliphatic heterocycles. The second-order valence-corrected chi connectivity index (χ2v) is 9.84. The van der Waals surface area contributed by atoms with Gasteiger partial charge in [-0.25, -0.2) is 0 Å². The van der Waals surface area contributed by atoms with Crippen molar-refractivity contribution in [1.82, 2.24) is 20.0 Å². The summed E-state index contributed by atoms with van der Waals surface area (Å²) in [7, 11) is 1.64. The lowest BCUT2D eigenvalue weighted by atomic mass is 10.1. The second-order valence-electron chi connectivity index (χ2n) is 8.89. The first kappa shape index (κ1) is 25.6. The highest BCUT2D eigenvalue weighted by Gasteiger charge is 2.27. The van der Waals surface area contributed by atoms with Gasteiger partial charge in [-0.05, 0) is 67.6 Å². The summed E-state index contributed by atoms with van der Waals surface area (Å²) in [5.41, 5.74) is 1.78. The molecule has 0 bridgehead atoms. The Kier molecular flexibility index (Phi) is 8.53. The monoisotopic (exact) mass is 507 g/mol. The number of thiophene rings is 1. The Hall–Kier alpha value is -3.46. The Bertz CT molecular complexity index is 1140. The fourth-order valence-corrected chi connectivity index (χ4v) is 4.92. The van der Waals surface area contributed by atoms with Crippen LogP contribution in [0.5, 0.6) is 5.75 Å². The van der Waals surface area contributed by atoms with Crippen molar-refractivity contribution in [2.75, 3.05) is 44.7 Å². The standard InChI is InChI=1S/C27H33N5O3S/c1-4-20(2)32(27(34)24-7-5-18-36-24)19-26(33)31-15-6-14-30(16-17-31)25-13-12-23(28-29-25)21-8-10-22(35-3)11-9-21/h5,7-13,18,20H,4,6,14-17,19H2,1-3H3. The van der Waals surface area contributed by atoms with E-state index in [2.05, 4.69) is 15.1 Å². The van der Waals surface area contributed by atoms with E-state index in [1.54, 1.807) is 12.0 Å². The van der Waals surface area contributed by atoms with Crippen LogP contribution in [0.1, 0.15) is 36.4 Å². The lowest BCUT2D eigenvalue weighted by Gasteiger charge is -2.30. The minimum absolute atomic E-state index is 0.00785. The van der Waals surface area contributed by atoms with Crippen molar-refractivity contribution < 1.29 is 14.3 Å². The van der Waals surface area contributed by atoms with Crippen LogP contribution in [0.15, 0.2) is 53.9 Å². The highest BCUT2D eigenvalue weighted by atomic mass is 32.1. The number of aromatic nitrogens is 2. The number of hydrogen-bond donors (Lipinski definition) is 0. The van der Waals surface area contributed by atoms with E-state index in [4.69, 9.17) is 4.74 Å². The molecule has 0 aliphatic carbocycles. The molecule has 0 N–H and O–H groups in total. The maximum absolute atomic E-state index is 13.2. The van der Waals surface area contributed by atoms with Crippen molar-refractivity contribution in [3.8, 4) is 17.0 Å². The highest BCUT2D eigenvalue weighted by molar-refractivity contribution is 7.12. The van der Waals surface area contributed by atoms with Crippen LogP contribution in [0.2, 0.25) is 0 Å². The summed E-state index contributed by atoms with van der Waals surface area (Å²) in [6.07, 6.45) is 1.62. The van der Waals surface area contributed by atoms with Crippen molar-refractivity contribution in [2.24, 2.45) is 0 Å². The SMILES string of the molecule is CCC(C)N(CC(=O)N1CCCN(c2ccc(-c3ccc(OC)cc3)nn2)CC1)C(=O)c1cccs1. The zero-order valence-electron chi connectivity index (χ0n) is 21.1. The van der Waals surface area contributed by atoms with Crippen LogP contribution in [0.3, 0.4) is 0 Å². The Labute approximate surface area is 216 Å². The van der Waals surface area contributed by atoms with Gasteiger partial charge in [0.15, 0.2) is 5.82 Å². The number of ether oxygens (including phenoxy) is 1. The number of benzene rings is 1. The van der Waals surface area contributed by atoms with E-state index < -0.39 is 0 Å². The lowest BCUT2D eigenvalue weighted by Crippen LogP contribution is -2.47. The summed E-state index contributed by atoms with van der Waals surface area (Å²) < 4.78 is 5.22. The molecule has 2 aromatic heterocycles. The quantitative estimate of drug-likeness (QED) is 0.455. The molecule has 1 fully saturated rings. The van der Waals surface area contributed by atoms with Gasteiger partial charge < -0.3 is 19.4 Å². The van der Waals surface area contributed by atoms with Gasteiger partial charge in [-0.15, -0.1) is 21.5 Å². The molecule has 1 unspecified atom stereocenters. The zero-order valence-corrected chi connectivity index (χ0v) is 21.9. The largest absolute Gasteiger partial charge is 0.497 e. The number of carbonyl (C=O) groups excluding carboxylic acids is 2. The topological polar surface area (TPSA) is 78.9 Å². The summed E-state index contributed by atoms with van der Waals surface area (Å²) in [5.74, 6) is 1.52. The van der Waals surface area contributed by atoms with Crippen LogP contribution < -0.4 is 9.64 Å². The predicted octanol–water partition coefficient (Wildman–Crippen LogP) is 4.19.